The first-order chi connectivity index (χ1) is 10.5. The molecule has 1 heterocycles. The van der Waals surface area contributed by atoms with Gasteiger partial charge in [0.25, 0.3) is 5.91 Å². The van der Waals surface area contributed by atoms with Gasteiger partial charge in [-0.15, -0.1) is 11.8 Å². The van der Waals surface area contributed by atoms with E-state index in [0.29, 0.717) is 30.1 Å². The summed E-state index contributed by atoms with van der Waals surface area (Å²) in [4.78, 5) is 26.2. The molecule has 1 fully saturated rings. The third kappa shape index (κ3) is 4.40. The molecule has 1 aromatic rings. The normalized spacial score (nSPS) is 18.3. The third-order valence-electron chi connectivity index (χ3n) is 3.98. The number of rotatable bonds is 5. The van der Waals surface area contributed by atoms with Crippen molar-refractivity contribution >= 4 is 35.2 Å². The Morgan fingerprint density at radius 2 is 2.23 bits per heavy atom. The topological polar surface area (TPSA) is 57.6 Å². The van der Waals surface area contributed by atoms with Gasteiger partial charge in [-0.2, -0.15) is 0 Å². The lowest BCUT2D eigenvalue weighted by atomic mass is 9.93. The molecule has 4 nitrogen and oxygen atoms in total. The molecular weight excluding hydrogens is 322 g/mol. The van der Waals surface area contributed by atoms with Crippen molar-refractivity contribution < 1.29 is 14.7 Å². The standard InChI is InChI=1S/C16H20ClNO3S/c1-22-12-5-6-14(17)13(9-12)16(21)18-8-2-3-11(10-18)4-7-15(19)20/h5-6,9,11H,2-4,7-8,10H2,1H3,(H,19,20). The molecule has 0 aliphatic carbocycles. The number of hydrogen-bond donors (Lipinski definition) is 1. The number of nitrogens with zero attached hydrogens (tertiary/aromatic N) is 1. The Hall–Kier alpha value is -1.20. The van der Waals surface area contributed by atoms with Gasteiger partial charge in [0.1, 0.15) is 0 Å². The summed E-state index contributed by atoms with van der Waals surface area (Å²) >= 11 is 7.74. The fourth-order valence-corrected chi connectivity index (χ4v) is 3.42. The molecule has 2 rings (SSSR count). The van der Waals surface area contributed by atoms with Crippen molar-refractivity contribution in [1.82, 2.24) is 4.90 Å². The first kappa shape index (κ1) is 17.2. The molecule has 1 aromatic carbocycles. The Kier molecular flexibility index (Phi) is 6.15. The summed E-state index contributed by atoms with van der Waals surface area (Å²) < 4.78 is 0. The van der Waals surface area contributed by atoms with Crippen molar-refractivity contribution in [1.29, 1.82) is 0 Å². The van der Waals surface area contributed by atoms with Gasteiger partial charge in [0, 0.05) is 24.4 Å². The first-order valence-corrected chi connectivity index (χ1v) is 8.96. The maximum Gasteiger partial charge on any atom is 0.303 e. The zero-order chi connectivity index (χ0) is 16.1. The van der Waals surface area contributed by atoms with Gasteiger partial charge in [0.2, 0.25) is 0 Å². The number of carbonyl (C=O) groups excluding carboxylic acids is 1. The van der Waals surface area contributed by atoms with Crippen molar-refractivity contribution in [3.63, 3.8) is 0 Å². The molecule has 120 valence electrons. The largest absolute Gasteiger partial charge is 0.481 e. The van der Waals surface area contributed by atoms with Gasteiger partial charge < -0.3 is 10.0 Å². The molecule has 0 saturated carbocycles. The monoisotopic (exact) mass is 341 g/mol. The van der Waals surface area contributed by atoms with Crippen LogP contribution in [0, 0.1) is 5.92 Å². The second-order valence-electron chi connectivity index (χ2n) is 5.54. The summed E-state index contributed by atoms with van der Waals surface area (Å²) in [5.41, 5.74) is 0.535. The van der Waals surface area contributed by atoms with Crippen LogP contribution in [0.4, 0.5) is 0 Å². The van der Waals surface area contributed by atoms with Crippen molar-refractivity contribution in [2.45, 2.75) is 30.6 Å². The van der Waals surface area contributed by atoms with Crippen molar-refractivity contribution in [3.05, 3.63) is 28.8 Å². The van der Waals surface area contributed by atoms with Gasteiger partial charge in [-0.05, 0) is 49.6 Å². The van der Waals surface area contributed by atoms with Gasteiger partial charge in [0.15, 0.2) is 0 Å². The van der Waals surface area contributed by atoms with Crippen molar-refractivity contribution in [2.24, 2.45) is 5.92 Å². The quantitative estimate of drug-likeness (QED) is 0.828. The van der Waals surface area contributed by atoms with E-state index in [2.05, 4.69) is 0 Å². The second kappa shape index (κ2) is 7.88. The highest BCUT2D eigenvalue weighted by molar-refractivity contribution is 7.98. The van der Waals surface area contributed by atoms with E-state index in [1.165, 1.54) is 0 Å². The molecule has 1 saturated heterocycles. The van der Waals surface area contributed by atoms with Gasteiger partial charge in [-0.3, -0.25) is 9.59 Å². The Labute approximate surface area is 139 Å². The molecule has 1 N–H and O–H groups in total. The number of hydrogen-bond acceptors (Lipinski definition) is 3. The summed E-state index contributed by atoms with van der Waals surface area (Å²) in [5, 5.41) is 9.26. The van der Waals surface area contributed by atoms with Crippen LogP contribution in [0.5, 0.6) is 0 Å². The van der Waals surface area contributed by atoms with Crippen molar-refractivity contribution in [3.8, 4) is 0 Å². The van der Waals surface area contributed by atoms with Crippen molar-refractivity contribution in [2.75, 3.05) is 19.3 Å². The first-order valence-electron chi connectivity index (χ1n) is 7.36. The number of halogens is 1. The second-order valence-corrected chi connectivity index (χ2v) is 6.82. The average Bonchev–Trinajstić information content (AvgIpc) is 2.53. The average molecular weight is 342 g/mol. The number of amides is 1. The van der Waals surface area contributed by atoms with Crippen LogP contribution in [-0.4, -0.2) is 41.2 Å². The van der Waals surface area contributed by atoms with Gasteiger partial charge in [-0.1, -0.05) is 11.6 Å². The molecule has 0 radical (unpaired) electrons. The smallest absolute Gasteiger partial charge is 0.303 e. The summed E-state index contributed by atoms with van der Waals surface area (Å²) in [6, 6.07) is 5.48. The number of carbonyl (C=O) groups is 2. The van der Waals surface area contributed by atoms with Gasteiger partial charge >= 0.3 is 5.97 Å². The van der Waals surface area contributed by atoms with Crippen LogP contribution in [0.2, 0.25) is 5.02 Å². The van der Waals surface area contributed by atoms with E-state index in [-0.39, 0.29) is 18.2 Å². The fraction of sp³-hybridized carbons (Fsp3) is 0.500. The molecule has 0 spiro atoms. The lowest BCUT2D eigenvalue weighted by Gasteiger charge is -2.33. The highest BCUT2D eigenvalue weighted by Gasteiger charge is 2.26. The van der Waals surface area contributed by atoms with Gasteiger partial charge in [-0.25, -0.2) is 0 Å². The van der Waals surface area contributed by atoms with Crippen LogP contribution in [0.3, 0.4) is 0 Å². The Morgan fingerprint density at radius 3 is 2.91 bits per heavy atom. The summed E-state index contributed by atoms with van der Waals surface area (Å²) in [6.45, 7) is 1.33. The molecular formula is C16H20ClNO3S. The van der Waals surface area contributed by atoms with Gasteiger partial charge in [0.05, 0.1) is 10.6 Å². The minimum Gasteiger partial charge on any atom is -0.481 e. The van der Waals surface area contributed by atoms with E-state index in [4.69, 9.17) is 16.7 Å². The molecule has 0 bridgehead atoms. The number of carboxylic acid groups (broad SMARTS) is 1. The van der Waals surface area contributed by atoms with E-state index in [0.717, 1.165) is 17.7 Å². The predicted octanol–water partition coefficient (Wildman–Crippen LogP) is 3.78. The van der Waals surface area contributed by atoms with E-state index < -0.39 is 5.97 Å². The summed E-state index contributed by atoms with van der Waals surface area (Å²) in [6.07, 6.45) is 4.64. The molecule has 1 aliphatic rings. The number of likely N-dealkylation sites (tertiary alicyclic amines) is 1. The third-order valence-corrected chi connectivity index (χ3v) is 5.03. The Balaban J connectivity index is 2.07. The fourth-order valence-electron chi connectivity index (χ4n) is 2.78. The van der Waals surface area contributed by atoms with E-state index >= 15 is 0 Å². The number of benzene rings is 1. The molecule has 1 aliphatic heterocycles. The molecule has 0 aromatic heterocycles. The van der Waals surface area contributed by atoms with E-state index in [1.807, 2.05) is 18.4 Å². The lowest BCUT2D eigenvalue weighted by Crippen LogP contribution is -2.40. The predicted molar refractivity (Wildman–Crippen MR) is 88.7 cm³/mol. The lowest BCUT2D eigenvalue weighted by molar-refractivity contribution is -0.137. The van der Waals surface area contributed by atoms with E-state index in [9.17, 15) is 9.59 Å². The van der Waals surface area contributed by atoms with Crippen LogP contribution in [0.15, 0.2) is 23.1 Å². The molecule has 1 unspecified atom stereocenters. The summed E-state index contributed by atoms with van der Waals surface area (Å²) in [7, 11) is 0. The highest BCUT2D eigenvalue weighted by atomic mass is 35.5. The molecule has 22 heavy (non-hydrogen) atoms. The highest BCUT2D eigenvalue weighted by Crippen LogP contribution is 2.27. The summed E-state index contributed by atoms with van der Waals surface area (Å²) in [5.74, 6) is -0.573. The molecule has 1 amide bonds. The minimum absolute atomic E-state index is 0.0547. The SMILES string of the molecule is CSc1ccc(Cl)c(C(=O)N2CCCC(CCC(=O)O)C2)c1. The molecule has 6 heteroatoms. The Bertz CT molecular complexity index is 564. The zero-order valence-electron chi connectivity index (χ0n) is 12.5. The molecule has 1 atom stereocenters. The zero-order valence-corrected chi connectivity index (χ0v) is 14.1. The maximum atomic E-state index is 12.7. The number of carboxylic acids is 1. The van der Waals surface area contributed by atoms with Crippen LogP contribution < -0.4 is 0 Å². The van der Waals surface area contributed by atoms with Crippen LogP contribution in [-0.2, 0) is 4.79 Å². The Morgan fingerprint density at radius 1 is 1.45 bits per heavy atom. The van der Waals surface area contributed by atoms with Crippen LogP contribution in [0.1, 0.15) is 36.0 Å². The number of thioether (sulfide) groups is 1. The number of piperidine rings is 1. The maximum absolute atomic E-state index is 12.7. The van der Waals surface area contributed by atoms with Crippen LogP contribution in [0.25, 0.3) is 0 Å². The van der Waals surface area contributed by atoms with Crippen LogP contribution >= 0.6 is 23.4 Å². The van der Waals surface area contributed by atoms with E-state index in [1.54, 1.807) is 22.7 Å². The number of aliphatic carboxylic acids is 1. The minimum atomic E-state index is -0.779.